The molecule has 18 heavy (non-hydrogen) atoms. The van der Waals surface area contributed by atoms with E-state index in [1.165, 1.54) is 6.39 Å². The number of carbonyl (C=O) groups is 2. The summed E-state index contributed by atoms with van der Waals surface area (Å²) in [6.07, 6.45) is 1.60. The highest BCUT2D eigenvalue weighted by atomic mass is 16.5. The summed E-state index contributed by atoms with van der Waals surface area (Å²) in [4.78, 5) is 26.7. The molecular weight excluding hydrogens is 238 g/mol. The van der Waals surface area contributed by atoms with Crippen LogP contribution in [0.15, 0.2) is 10.9 Å². The van der Waals surface area contributed by atoms with Crippen LogP contribution < -0.4 is 5.32 Å². The van der Waals surface area contributed by atoms with Crippen molar-refractivity contribution in [2.45, 2.75) is 27.2 Å². The van der Waals surface area contributed by atoms with Gasteiger partial charge in [-0.2, -0.15) is 4.98 Å². The van der Waals surface area contributed by atoms with Gasteiger partial charge in [-0.05, 0) is 5.41 Å². The van der Waals surface area contributed by atoms with E-state index in [9.17, 15) is 9.59 Å². The van der Waals surface area contributed by atoms with Crippen LogP contribution in [0, 0.1) is 11.3 Å². The fourth-order valence-electron chi connectivity index (χ4n) is 1.58. The van der Waals surface area contributed by atoms with Crippen molar-refractivity contribution in [3.63, 3.8) is 0 Å². The summed E-state index contributed by atoms with van der Waals surface area (Å²) in [5, 5.41) is 15.2. The van der Waals surface area contributed by atoms with Crippen LogP contribution in [0.1, 0.15) is 26.6 Å². The first-order valence-electron chi connectivity index (χ1n) is 5.58. The Kier molecular flexibility index (Phi) is 4.41. The lowest BCUT2D eigenvalue weighted by molar-refractivity contribution is -0.151. The van der Waals surface area contributed by atoms with Crippen molar-refractivity contribution in [2.75, 3.05) is 6.54 Å². The molecule has 0 aromatic carbocycles. The molecule has 0 aliphatic heterocycles. The quantitative estimate of drug-likeness (QED) is 0.741. The monoisotopic (exact) mass is 255 g/mol. The highest BCUT2D eigenvalue weighted by Crippen LogP contribution is 2.26. The minimum Gasteiger partial charge on any atom is -0.481 e. The maximum atomic E-state index is 11.8. The average Bonchev–Trinajstić information content (AvgIpc) is 2.67. The maximum absolute atomic E-state index is 11.8. The molecule has 2 N–H and O–H groups in total. The van der Waals surface area contributed by atoms with Crippen molar-refractivity contribution < 1.29 is 19.2 Å². The van der Waals surface area contributed by atoms with E-state index in [1.54, 1.807) is 20.8 Å². The van der Waals surface area contributed by atoms with Gasteiger partial charge >= 0.3 is 5.97 Å². The molecule has 1 aromatic rings. The molecule has 0 saturated carbocycles. The largest absolute Gasteiger partial charge is 0.481 e. The minimum absolute atomic E-state index is 0.276. The molecule has 0 saturated heterocycles. The second-order valence-corrected chi connectivity index (χ2v) is 5.03. The number of hydrogen-bond donors (Lipinski definition) is 2. The summed E-state index contributed by atoms with van der Waals surface area (Å²) in [5.41, 5.74) is -0.637. The van der Waals surface area contributed by atoms with Gasteiger partial charge in [0.25, 0.3) is 0 Å². The summed E-state index contributed by atoms with van der Waals surface area (Å²) in [6.45, 7) is 5.41. The molecule has 0 aliphatic carbocycles. The Morgan fingerprint density at radius 1 is 1.50 bits per heavy atom. The number of amides is 1. The molecule has 0 radical (unpaired) electrons. The third-order valence-electron chi connectivity index (χ3n) is 2.43. The normalized spacial score (nSPS) is 13.1. The molecule has 0 bridgehead atoms. The molecule has 100 valence electrons. The number of rotatable bonds is 5. The van der Waals surface area contributed by atoms with Gasteiger partial charge in [-0.25, -0.2) is 0 Å². The summed E-state index contributed by atoms with van der Waals surface area (Å²) in [7, 11) is 0. The molecule has 1 aromatic heterocycles. The molecule has 7 nitrogen and oxygen atoms in total. The topological polar surface area (TPSA) is 105 Å². The first kappa shape index (κ1) is 14.1. The van der Waals surface area contributed by atoms with E-state index in [-0.39, 0.29) is 6.54 Å². The first-order chi connectivity index (χ1) is 8.32. The average molecular weight is 255 g/mol. The summed E-state index contributed by atoms with van der Waals surface area (Å²) < 4.78 is 4.54. The number of carboxylic acid groups (broad SMARTS) is 1. The van der Waals surface area contributed by atoms with Crippen LogP contribution in [0.3, 0.4) is 0 Å². The molecule has 0 aliphatic rings. The summed E-state index contributed by atoms with van der Waals surface area (Å²) >= 11 is 0. The Morgan fingerprint density at radius 3 is 2.61 bits per heavy atom. The van der Waals surface area contributed by atoms with E-state index in [2.05, 4.69) is 20.0 Å². The van der Waals surface area contributed by atoms with Gasteiger partial charge in [0.15, 0.2) is 5.82 Å². The smallest absolute Gasteiger partial charge is 0.316 e. The number of hydrogen-bond acceptors (Lipinski definition) is 5. The fourth-order valence-corrected chi connectivity index (χ4v) is 1.58. The van der Waals surface area contributed by atoms with Gasteiger partial charge in [-0.1, -0.05) is 25.9 Å². The second-order valence-electron chi connectivity index (χ2n) is 5.03. The van der Waals surface area contributed by atoms with Crippen LogP contribution in [0.5, 0.6) is 0 Å². The molecule has 1 unspecified atom stereocenters. The van der Waals surface area contributed by atoms with Crippen molar-refractivity contribution in [1.82, 2.24) is 15.5 Å². The Morgan fingerprint density at radius 2 is 2.17 bits per heavy atom. The maximum Gasteiger partial charge on any atom is 0.316 e. The van der Waals surface area contributed by atoms with E-state index in [0.717, 1.165) is 0 Å². The number of aromatic nitrogens is 2. The molecule has 0 spiro atoms. The molecule has 0 fully saturated rings. The van der Waals surface area contributed by atoms with Crippen LogP contribution in [-0.4, -0.2) is 33.7 Å². The SMILES string of the molecule is CC(C)(C)C(C(=O)O)C(=O)NCCc1ncon1. The lowest BCUT2D eigenvalue weighted by Crippen LogP contribution is -2.43. The van der Waals surface area contributed by atoms with Crippen molar-refractivity contribution in [3.8, 4) is 0 Å². The van der Waals surface area contributed by atoms with Crippen LogP contribution in [0.4, 0.5) is 0 Å². The van der Waals surface area contributed by atoms with Gasteiger partial charge < -0.3 is 14.9 Å². The van der Waals surface area contributed by atoms with Gasteiger partial charge in [0, 0.05) is 13.0 Å². The van der Waals surface area contributed by atoms with Crippen LogP contribution in [0.25, 0.3) is 0 Å². The van der Waals surface area contributed by atoms with Crippen molar-refractivity contribution >= 4 is 11.9 Å². The van der Waals surface area contributed by atoms with E-state index in [1.807, 2.05) is 0 Å². The van der Waals surface area contributed by atoms with Gasteiger partial charge in [-0.3, -0.25) is 9.59 Å². The molecule has 1 heterocycles. The Balaban J connectivity index is 2.50. The highest BCUT2D eigenvalue weighted by Gasteiger charge is 2.37. The van der Waals surface area contributed by atoms with Crippen LogP contribution in [-0.2, 0) is 16.0 Å². The number of nitrogens with one attached hydrogen (secondary N) is 1. The first-order valence-corrected chi connectivity index (χ1v) is 5.58. The van der Waals surface area contributed by atoms with Gasteiger partial charge in [-0.15, -0.1) is 0 Å². The second kappa shape index (κ2) is 5.61. The Bertz CT molecular complexity index is 408. The summed E-state index contributed by atoms with van der Waals surface area (Å²) in [6, 6.07) is 0. The van der Waals surface area contributed by atoms with Crippen LogP contribution in [0.2, 0.25) is 0 Å². The Hall–Kier alpha value is -1.92. The van der Waals surface area contributed by atoms with Crippen molar-refractivity contribution in [3.05, 3.63) is 12.2 Å². The standard InChI is InChI=1S/C11H17N3O4/c1-11(2,3)8(10(16)17)9(15)12-5-4-7-13-6-18-14-7/h6,8H,4-5H2,1-3H3,(H,12,15)(H,16,17). The molecule has 1 rings (SSSR count). The van der Waals surface area contributed by atoms with E-state index >= 15 is 0 Å². The van der Waals surface area contributed by atoms with Crippen molar-refractivity contribution in [2.24, 2.45) is 11.3 Å². The van der Waals surface area contributed by atoms with Gasteiger partial charge in [0.05, 0.1) is 0 Å². The number of nitrogens with zero attached hydrogens (tertiary/aromatic N) is 2. The third-order valence-corrected chi connectivity index (χ3v) is 2.43. The zero-order chi connectivity index (χ0) is 13.8. The third kappa shape index (κ3) is 3.83. The summed E-state index contributed by atoms with van der Waals surface area (Å²) in [5.74, 6) is -2.24. The molecular formula is C11H17N3O4. The lowest BCUT2D eigenvalue weighted by atomic mass is 9.80. The zero-order valence-electron chi connectivity index (χ0n) is 10.6. The fraction of sp³-hybridized carbons (Fsp3) is 0.636. The minimum atomic E-state index is -1.13. The van der Waals surface area contributed by atoms with Crippen LogP contribution >= 0.6 is 0 Å². The molecule has 7 heteroatoms. The zero-order valence-corrected chi connectivity index (χ0v) is 10.6. The highest BCUT2D eigenvalue weighted by molar-refractivity contribution is 5.97. The van der Waals surface area contributed by atoms with E-state index in [4.69, 9.17) is 5.11 Å². The predicted molar refractivity (Wildman–Crippen MR) is 61.6 cm³/mol. The molecule has 1 atom stereocenters. The number of carbonyl (C=O) groups excluding carboxylic acids is 1. The van der Waals surface area contributed by atoms with Gasteiger partial charge in [0.1, 0.15) is 5.92 Å². The number of aliphatic carboxylic acids is 1. The van der Waals surface area contributed by atoms with E-state index in [0.29, 0.717) is 12.2 Å². The predicted octanol–water partition coefficient (Wildman–Crippen LogP) is 0.475. The lowest BCUT2D eigenvalue weighted by Gasteiger charge is -2.25. The Labute approximate surface area is 105 Å². The number of carboxylic acids is 1. The van der Waals surface area contributed by atoms with Gasteiger partial charge in [0.2, 0.25) is 12.3 Å². The van der Waals surface area contributed by atoms with Crippen molar-refractivity contribution in [1.29, 1.82) is 0 Å². The van der Waals surface area contributed by atoms with E-state index < -0.39 is 23.2 Å². The molecule has 1 amide bonds.